The van der Waals surface area contributed by atoms with Gasteiger partial charge < -0.3 is 10.8 Å². The zero-order valence-electron chi connectivity index (χ0n) is 8.72. The Kier molecular flexibility index (Phi) is 4.19. The van der Waals surface area contributed by atoms with Gasteiger partial charge in [-0.05, 0) is 32.6 Å². The predicted octanol–water partition coefficient (Wildman–Crippen LogP) is 0.743. The summed E-state index contributed by atoms with van der Waals surface area (Å²) in [5.41, 5.74) is 5.81. The van der Waals surface area contributed by atoms with Gasteiger partial charge >= 0.3 is 0 Å². The standard InChI is InChI=1S/C10H20N2O.ClH/c1-7(11)6-12-8-2-3-9(12)5-10(13)4-8;/h7-10,13H,2-6,11H2,1H3;1H. The second-order valence-corrected chi connectivity index (χ2v) is 4.68. The number of rotatable bonds is 2. The molecule has 0 aromatic heterocycles. The van der Waals surface area contributed by atoms with Gasteiger partial charge in [-0.1, -0.05) is 0 Å². The number of aliphatic hydroxyl groups is 1. The normalized spacial score (nSPS) is 39.2. The van der Waals surface area contributed by atoms with Gasteiger partial charge in [0.25, 0.3) is 0 Å². The van der Waals surface area contributed by atoms with Crippen LogP contribution in [0.3, 0.4) is 0 Å². The molecule has 3 N–H and O–H groups in total. The van der Waals surface area contributed by atoms with E-state index < -0.39 is 0 Å². The van der Waals surface area contributed by atoms with E-state index in [-0.39, 0.29) is 24.6 Å². The monoisotopic (exact) mass is 220 g/mol. The van der Waals surface area contributed by atoms with E-state index in [1.807, 2.05) is 0 Å². The summed E-state index contributed by atoms with van der Waals surface area (Å²) in [6, 6.07) is 1.48. The lowest BCUT2D eigenvalue weighted by Gasteiger charge is -2.38. The van der Waals surface area contributed by atoms with Gasteiger partial charge in [-0.3, -0.25) is 4.90 Å². The molecule has 0 saturated carbocycles. The fourth-order valence-electron chi connectivity index (χ4n) is 2.88. The largest absolute Gasteiger partial charge is 0.393 e. The number of nitrogens with two attached hydrogens (primary N) is 1. The van der Waals surface area contributed by atoms with Crippen molar-refractivity contribution in [2.75, 3.05) is 6.54 Å². The summed E-state index contributed by atoms with van der Waals surface area (Å²) in [7, 11) is 0. The first-order chi connectivity index (χ1) is 6.16. The van der Waals surface area contributed by atoms with Crippen molar-refractivity contribution in [1.82, 2.24) is 4.90 Å². The van der Waals surface area contributed by atoms with Gasteiger partial charge in [-0.15, -0.1) is 12.4 Å². The second kappa shape index (κ2) is 4.79. The molecule has 2 heterocycles. The van der Waals surface area contributed by atoms with Crippen LogP contribution in [0.15, 0.2) is 0 Å². The van der Waals surface area contributed by atoms with Crippen LogP contribution < -0.4 is 5.73 Å². The highest BCUT2D eigenvalue weighted by molar-refractivity contribution is 5.85. The second-order valence-electron chi connectivity index (χ2n) is 4.68. The van der Waals surface area contributed by atoms with Crippen LogP contribution in [0, 0.1) is 0 Å². The lowest BCUT2D eigenvalue weighted by atomic mass is 9.99. The lowest BCUT2D eigenvalue weighted by molar-refractivity contribution is 0.0333. The van der Waals surface area contributed by atoms with Crippen molar-refractivity contribution in [3.8, 4) is 0 Å². The Labute approximate surface area is 92.1 Å². The Bertz CT molecular complexity index is 175. The van der Waals surface area contributed by atoms with Crippen LogP contribution in [0.2, 0.25) is 0 Å². The SMILES string of the molecule is CC(N)CN1C2CCC1CC(O)C2.Cl. The molecule has 3 unspecified atom stereocenters. The van der Waals surface area contributed by atoms with Crippen molar-refractivity contribution in [3.05, 3.63) is 0 Å². The highest BCUT2D eigenvalue weighted by Crippen LogP contribution is 2.35. The van der Waals surface area contributed by atoms with E-state index in [4.69, 9.17) is 5.73 Å². The van der Waals surface area contributed by atoms with Crippen molar-refractivity contribution in [3.63, 3.8) is 0 Å². The molecule has 14 heavy (non-hydrogen) atoms. The van der Waals surface area contributed by atoms with Crippen molar-refractivity contribution < 1.29 is 5.11 Å². The van der Waals surface area contributed by atoms with Crippen molar-refractivity contribution >= 4 is 12.4 Å². The van der Waals surface area contributed by atoms with Crippen LogP contribution >= 0.6 is 12.4 Å². The Hall–Kier alpha value is 0.170. The molecule has 4 heteroatoms. The van der Waals surface area contributed by atoms with E-state index in [0.29, 0.717) is 12.1 Å². The van der Waals surface area contributed by atoms with Crippen molar-refractivity contribution in [1.29, 1.82) is 0 Å². The minimum Gasteiger partial charge on any atom is -0.393 e. The molecule has 0 amide bonds. The summed E-state index contributed by atoms with van der Waals surface area (Å²) in [6.07, 6.45) is 4.39. The zero-order valence-corrected chi connectivity index (χ0v) is 9.54. The van der Waals surface area contributed by atoms with Gasteiger partial charge in [-0.25, -0.2) is 0 Å². The number of hydrogen-bond acceptors (Lipinski definition) is 3. The molecule has 2 bridgehead atoms. The number of piperidine rings is 1. The highest BCUT2D eigenvalue weighted by atomic mass is 35.5. The molecule has 0 spiro atoms. The third-order valence-electron chi connectivity index (χ3n) is 3.36. The van der Waals surface area contributed by atoms with Gasteiger partial charge in [-0.2, -0.15) is 0 Å². The lowest BCUT2D eigenvalue weighted by Crippen LogP contribution is -2.48. The van der Waals surface area contributed by atoms with E-state index in [1.54, 1.807) is 0 Å². The number of aliphatic hydroxyl groups excluding tert-OH is 1. The molecule has 2 aliphatic rings. The van der Waals surface area contributed by atoms with E-state index in [2.05, 4.69) is 11.8 Å². The van der Waals surface area contributed by atoms with Gasteiger partial charge in [0.2, 0.25) is 0 Å². The summed E-state index contributed by atoms with van der Waals surface area (Å²) in [5, 5.41) is 9.58. The third-order valence-corrected chi connectivity index (χ3v) is 3.36. The fourth-order valence-corrected chi connectivity index (χ4v) is 2.88. The average Bonchev–Trinajstić information content (AvgIpc) is 2.32. The summed E-state index contributed by atoms with van der Waals surface area (Å²) in [5.74, 6) is 0. The molecular weight excluding hydrogens is 200 g/mol. The molecule has 3 atom stereocenters. The van der Waals surface area contributed by atoms with Gasteiger partial charge in [0.15, 0.2) is 0 Å². The Balaban J connectivity index is 0.000000980. The van der Waals surface area contributed by atoms with Crippen LogP contribution in [0.5, 0.6) is 0 Å². The maximum Gasteiger partial charge on any atom is 0.0570 e. The summed E-state index contributed by atoms with van der Waals surface area (Å²) in [4.78, 5) is 2.51. The quantitative estimate of drug-likeness (QED) is 0.722. The molecule has 0 radical (unpaired) electrons. The molecule has 0 aromatic rings. The van der Waals surface area contributed by atoms with E-state index in [9.17, 15) is 5.11 Å². The number of nitrogens with zero attached hydrogens (tertiary/aromatic N) is 1. The summed E-state index contributed by atoms with van der Waals surface area (Å²) >= 11 is 0. The predicted molar refractivity (Wildman–Crippen MR) is 59.7 cm³/mol. The Morgan fingerprint density at radius 3 is 2.29 bits per heavy atom. The topological polar surface area (TPSA) is 49.5 Å². The van der Waals surface area contributed by atoms with Crippen LogP contribution in [0.4, 0.5) is 0 Å². The molecule has 84 valence electrons. The molecule has 0 aromatic carbocycles. The van der Waals surface area contributed by atoms with Crippen LogP contribution in [0.1, 0.15) is 32.6 Å². The minimum atomic E-state index is -0.0539. The van der Waals surface area contributed by atoms with Gasteiger partial charge in [0.05, 0.1) is 6.10 Å². The first-order valence-corrected chi connectivity index (χ1v) is 5.36. The van der Waals surface area contributed by atoms with Crippen molar-refractivity contribution in [2.24, 2.45) is 5.73 Å². The molecule has 2 fully saturated rings. The molecule has 2 saturated heterocycles. The number of hydrogen-bond donors (Lipinski definition) is 2. The van der Waals surface area contributed by atoms with Crippen LogP contribution in [0.25, 0.3) is 0 Å². The molecule has 2 aliphatic heterocycles. The average molecular weight is 221 g/mol. The Morgan fingerprint density at radius 2 is 1.86 bits per heavy atom. The van der Waals surface area contributed by atoms with Gasteiger partial charge in [0.1, 0.15) is 0 Å². The van der Waals surface area contributed by atoms with E-state index in [1.165, 1.54) is 12.8 Å². The summed E-state index contributed by atoms with van der Waals surface area (Å²) < 4.78 is 0. The maximum atomic E-state index is 9.58. The maximum absolute atomic E-state index is 9.58. The first-order valence-electron chi connectivity index (χ1n) is 5.36. The fraction of sp³-hybridized carbons (Fsp3) is 1.00. The third kappa shape index (κ3) is 2.40. The molecule has 0 aliphatic carbocycles. The number of halogens is 1. The first kappa shape index (κ1) is 12.2. The zero-order chi connectivity index (χ0) is 9.42. The van der Waals surface area contributed by atoms with Crippen LogP contribution in [-0.2, 0) is 0 Å². The molecule has 3 nitrogen and oxygen atoms in total. The minimum absolute atomic E-state index is 0. The van der Waals surface area contributed by atoms with Crippen molar-refractivity contribution in [2.45, 2.75) is 56.8 Å². The summed E-state index contributed by atoms with van der Waals surface area (Å²) in [6.45, 7) is 3.06. The van der Waals surface area contributed by atoms with E-state index >= 15 is 0 Å². The molecule has 2 rings (SSSR count). The smallest absolute Gasteiger partial charge is 0.0570 e. The Morgan fingerprint density at radius 1 is 1.36 bits per heavy atom. The number of fused-ring (bicyclic) bond motifs is 2. The molecular formula is C10H21ClN2O. The van der Waals surface area contributed by atoms with E-state index in [0.717, 1.165) is 19.4 Å². The van der Waals surface area contributed by atoms with Gasteiger partial charge in [0, 0.05) is 24.7 Å². The highest BCUT2D eigenvalue weighted by Gasteiger charge is 2.39. The van der Waals surface area contributed by atoms with Crippen LogP contribution in [-0.4, -0.2) is 40.8 Å².